The second-order valence-corrected chi connectivity index (χ2v) is 7.46. The number of carbonyl (C=O) groups is 1. The van der Waals surface area contributed by atoms with Crippen molar-refractivity contribution in [2.45, 2.75) is 50.5 Å². The second-order valence-electron chi connectivity index (χ2n) is 7.46. The third-order valence-electron chi connectivity index (χ3n) is 5.58. The molecule has 1 aliphatic carbocycles. The first-order valence-corrected chi connectivity index (χ1v) is 9.10. The van der Waals surface area contributed by atoms with Gasteiger partial charge in [0.1, 0.15) is 11.4 Å². The van der Waals surface area contributed by atoms with E-state index < -0.39 is 5.60 Å². The molecule has 1 saturated carbocycles. The zero-order chi connectivity index (χ0) is 18.7. The first-order chi connectivity index (χ1) is 12.4. The van der Waals surface area contributed by atoms with Crippen molar-refractivity contribution in [1.82, 2.24) is 4.98 Å². The first kappa shape index (κ1) is 18.4. The van der Waals surface area contributed by atoms with Crippen molar-refractivity contribution >= 4 is 5.91 Å². The summed E-state index contributed by atoms with van der Waals surface area (Å²) in [7, 11) is 0. The van der Waals surface area contributed by atoms with Gasteiger partial charge in [-0.1, -0.05) is 29.8 Å². The van der Waals surface area contributed by atoms with Gasteiger partial charge in [-0.05, 0) is 62.1 Å². The van der Waals surface area contributed by atoms with Crippen molar-refractivity contribution in [3.8, 4) is 5.75 Å². The average Bonchev–Trinajstić information content (AvgIpc) is 2.62. The van der Waals surface area contributed by atoms with Gasteiger partial charge in [-0.2, -0.15) is 0 Å². The Balaban J connectivity index is 1.75. The molecule has 1 heterocycles. The Bertz CT molecular complexity index is 748. The fourth-order valence-corrected chi connectivity index (χ4v) is 4.02. The lowest BCUT2D eigenvalue weighted by molar-refractivity contribution is -0.118. The Kier molecular flexibility index (Phi) is 5.28. The molecule has 1 atom stereocenters. The molecule has 2 aromatic rings. The van der Waals surface area contributed by atoms with Crippen molar-refractivity contribution in [2.24, 2.45) is 11.7 Å². The fraction of sp³-hybridized carbons (Fsp3) is 0.429. The number of aromatic nitrogens is 1. The van der Waals surface area contributed by atoms with Crippen LogP contribution in [0.25, 0.3) is 0 Å². The van der Waals surface area contributed by atoms with Gasteiger partial charge in [-0.3, -0.25) is 9.78 Å². The number of pyridine rings is 1. The highest BCUT2D eigenvalue weighted by molar-refractivity contribution is 5.74. The van der Waals surface area contributed by atoms with Crippen LogP contribution in [0, 0.1) is 12.8 Å². The van der Waals surface area contributed by atoms with Crippen molar-refractivity contribution < 1.29 is 15.0 Å². The molecule has 0 bridgehead atoms. The highest BCUT2D eigenvalue weighted by Gasteiger charge is 2.38. The van der Waals surface area contributed by atoms with Crippen LogP contribution >= 0.6 is 0 Å². The van der Waals surface area contributed by atoms with Gasteiger partial charge in [-0.25, -0.2) is 0 Å². The summed E-state index contributed by atoms with van der Waals surface area (Å²) in [6.45, 7) is 2.04. The van der Waals surface area contributed by atoms with E-state index in [0.29, 0.717) is 30.9 Å². The van der Waals surface area contributed by atoms with Crippen LogP contribution in [-0.2, 0) is 10.4 Å². The van der Waals surface area contributed by atoms with Crippen LogP contribution < -0.4 is 5.73 Å². The van der Waals surface area contributed by atoms with Crippen LogP contribution in [0.15, 0.2) is 42.6 Å². The molecule has 0 spiro atoms. The van der Waals surface area contributed by atoms with Crippen LogP contribution in [0.5, 0.6) is 5.75 Å². The molecule has 138 valence electrons. The van der Waals surface area contributed by atoms with Gasteiger partial charge in [0.05, 0.1) is 11.9 Å². The van der Waals surface area contributed by atoms with Crippen LogP contribution in [0.4, 0.5) is 0 Å². The molecule has 3 rings (SSSR count). The number of nitrogens with two attached hydrogens (primary N) is 1. The van der Waals surface area contributed by atoms with Gasteiger partial charge < -0.3 is 15.9 Å². The predicted molar refractivity (Wildman–Crippen MR) is 99.5 cm³/mol. The van der Waals surface area contributed by atoms with E-state index in [-0.39, 0.29) is 17.6 Å². The number of carbonyl (C=O) groups excluding carboxylic acids is 1. The SMILES string of the molecule is Cc1ccc(C(CC(N)=O)C2CCC(O)(c3ccc(O)cn3)CC2)cc1. The lowest BCUT2D eigenvalue weighted by atomic mass is 9.70. The lowest BCUT2D eigenvalue weighted by Crippen LogP contribution is -2.34. The van der Waals surface area contributed by atoms with E-state index in [1.165, 1.54) is 11.8 Å². The summed E-state index contributed by atoms with van der Waals surface area (Å²) in [5, 5.41) is 20.4. The molecule has 1 aromatic carbocycles. The minimum absolute atomic E-state index is 0.0745. The molecule has 5 heteroatoms. The van der Waals surface area contributed by atoms with Gasteiger partial charge in [0.25, 0.3) is 0 Å². The van der Waals surface area contributed by atoms with E-state index in [4.69, 9.17) is 5.73 Å². The van der Waals surface area contributed by atoms with E-state index in [2.05, 4.69) is 29.2 Å². The highest BCUT2D eigenvalue weighted by atomic mass is 16.3. The smallest absolute Gasteiger partial charge is 0.218 e. The summed E-state index contributed by atoms with van der Waals surface area (Å²) in [5.74, 6) is 0.163. The predicted octanol–water partition coefficient (Wildman–Crippen LogP) is 3.13. The average molecular weight is 354 g/mol. The topological polar surface area (TPSA) is 96.4 Å². The van der Waals surface area contributed by atoms with Gasteiger partial charge in [0.2, 0.25) is 5.91 Å². The number of amides is 1. The van der Waals surface area contributed by atoms with E-state index >= 15 is 0 Å². The van der Waals surface area contributed by atoms with Crippen molar-refractivity contribution in [1.29, 1.82) is 0 Å². The molecule has 5 nitrogen and oxygen atoms in total. The summed E-state index contributed by atoms with van der Waals surface area (Å²) >= 11 is 0. The maximum absolute atomic E-state index is 11.6. The minimum atomic E-state index is -0.977. The van der Waals surface area contributed by atoms with Crippen LogP contribution in [0.2, 0.25) is 0 Å². The summed E-state index contributed by atoms with van der Waals surface area (Å²) in [5.41, 5.74) is 7.43. The second kappa shape index (κ2) is 7.46. The maximum Gasteiger partial charge on any atom is 0.218 e. The number of aryl methyl sites for hydroxylation is 1. The summed E-state index contributed by atoms with van der Waals surface area (Å²) in [4.78, 5) is 15.8. The standard InChI is InChI=1S/C21H26N2O3/c1-14-2-4-15(5-3-14)18(12-20(22)25)16-8-10-21(26,11-9-16)19-7-6-17(24)13-23-19/h2-7,13,16,18,24,26H,8-12H2,1H3,(H2,22,25). The monoisotopic (exact) mass is 354 g/mol. The lowest BCUT2D eigenvalue weighted by Gasteiger charge is -2.38. The Morgan fingerprint density at radius 3 is 2.42 bits per heavy atom. The Morgan fingerprint density at radius 1 is 1.23 bits per heavy atom. The summed E-state index contributed by atoms with van der Waals surface area (Å²) in [6.07, 6.45) is 4.44. The number of aliphatic hydroxyl groups is 1. The maximum atomic E-state index is 11.6. The number of rotatable bonds is 5. The largest absolute Gasteiger partial charge is 0.506 e. The molecule has 0 saturated heterocycles. The zero-order valence-corrected chi connectivity index (χ0v) is 15.1. The molecule has 4 N–H and O–H groups in total. The molecular formula is C21H26N2O3. The molecule has 0 aliphatic heterocycles. The zero-order valence-electron chi connectivity index (χ0n) is 15.1. The number of primary amides is 1. The van der Waals surface area contributed by atoms with Gasteiger partial charge in [0.15, 0.2) is 0 Å². The molecule has 1 fully saturated rings. The van der Waals surface area contributed by atoms with Crippen molar-refractivity contribution in [3.05, 3.63) is 59.4 Å². The van der Waals surface area contributed by atoms with Crippen molar-refractivity contribution in [2.75, 3.05) is 0 Å². The molecule has 0 radical (unpaired) electrons. The molecule has 26 heavy (non-hydrogen) atoms. The van der Waals surface area contributed by atoms with Gasteiger partial charge in [-0.15, -0.1) is 0 Å². The Hall–Kier alpha value is -2.40. The molecule has 1 aromatic heterocycles. The number of aromatic hydroxyl groups is 1. The van der Waals surface area contributed by atoms with Gasteiger partial charge in [0, 0.05) is 6.42 Å². The Morgan fingerprint density at radius 2 is 1.88 bits per heavy atom. The molecular weight excluding hydrogens is 328 g/mol. The van der Waals surface area contributed by atoms with E-state index in [1.807, 2.05) is 6.92 Å². The quantitative estimate of drug-likeness (QED) is 0.768. The molecule has 1 aliphatic rings. The molecule has 1 amide bonds. The highest BCUT2D eigenvalue weighted by Crippen LogP contribution is 2.45. The third-order valence-corrected chi connectivity index (χ3v) is 5.58. The van der Waals surface area contributed by atoms with E-state index in [9.17, 15) is 15.0 Å². The first-order valence-electron chi connectivity index (χ1n) is 9.10. The van der Waals surface area contributed by atoms with Crippen molar-refractivity contribution in [3.63, 3.8) is 0 Å². The van der Waals surface area contributed by atoms with Crippen LogP contribution in [0.3, 0.4) is 0 Å². The summed E-state index contributed by atoms with van der Waals surface area (Å²) < 4.78 is 0. The number of hydrogen-bond acceptors (Lipinski definition) is 4. The van der Waals surface area contributed by atoms with Crippen LogP contribution in [-0.4, -0.2) is 21.1 Å². The minimum Gasteiger partial charge on any atom is -0.506 e. The number of hydrogen-bond donors (Lipinski definition) is 3. The van der Waals surface area contributed by atoms with E-state index in [1.54, 1.807) is 12.1 Å². The fourth-order valence-electron chi connectivity index (χ4n) is 4.02. The van der Waals surface area contributed by atoms with Gasteiger partial charge >= 0.3 is 0 Å². The molecule has 1 unspecified atom stereocenters. The third kappa shape index (κ3) is 4.05. The normalized spacial score (nSPS) is 24.2. The Labute approximate surface area is 153 Å². The number of nitrogens with zero attached hydrogens (tertiary/aromatic N) is 1. The van der Waals surface area contributed by atoms with E-state index in [0.717, 1.165) is 18.4 Å². The number of benzene rings is 1. The van der Waals surface area contributed by atoms with Crippen LogP contribution in [0.1, 0.15) is 54.8 Å². The summed E-state index contributed by atoms with van der Waals surface area (Å²) in [6, 6.07) is 11.5.